The summed E-state index contributed by atoms with van der Waals surface area (Å²) in [6.07, 6.45) is 6.19. The highest BCUT2D eigenvalue weighted by molar-refractivity contribution is 5.84. The largest absolute Gasteiger partial charge is 0.350 e. The van der Waals surface area contributed by atoms with Crippen molar-refractivity contribution < 1.29 is 14.3 Å². The second-order valence-corrected chi connectivity index (χ2v) is 6.43. The molecule has 1 heterocycles. The number of carbonyl (C=O) groups is 1. The van der Waals surface area contributed by atoms with Crippen molar-refractivity contribution in [1.29, 1.82) is 0 Å². The summed E-state index contributed by atoms with van der Waals surface area (Å²) in [5.41, 5.74) is -0.450. The topological polar surface area (TPSA) is 35.5 Å². The van der Waals surface area contributed by atoms with Gasteiger partial charge < -0.3 is 9.47 Å². The Labute approximate surface area is 122 Å². The van der Waals surface area contributed by atoms with Crippen LogP contribution >= 0.6 is 0 Å². The first-order valence-corrected chi connectivity index (χ1v) is 7.75. The highest BCUT2D eigenvalue weighted by Crippen LogP contribution is 2.42. The predicted octanol–water partition coefficient (Wildman–Crippen LogP) is 3.46. The Morgan fingerprint density at radius 2 is 2.05 bits per heavy atom. The Morgan fingerprint density at radius 3 is 2.70 bits per heavy atom. The van der Waals surface area contributed by atoms with Crippen LogP contribution in [-0.4, -0.2) is 24.3 Å². The van der Waals surface area contributed by atoms with Gasteiger partial charge in [-0.25, -0.2) is 0 Å². The Hall–Kier alpha value is -0.850. The lowest BCUT2D eigenvalue weighted by Gasteiger charge is -2.44. The molecule has 1 spiro atoms. The quantitative estimate of drug-likeness (QED) is 0.739. The molecule has 112 valence electrons. The summed E-state index contributed by atoms with van der Waals surface area (Å²) in [7, 11) is 0. The molecule has 2 aliphatic rings. The van der Waals surface area contributed by atoms with Crippen molar-refractivity contribution in [2.45, 2.75) is 77.6 Å². The molecule has 0 unspecified atom stereocenters. The third-order valence-electron chi connectivity index (χ3n) is 4.64. The smallest absolute Gasteiger partial charge is 0.168 e. The van der Waals surface area contributed by atoms with Gasteiger partial charge >= 0.3 is 0 Å². The highest BCUT2D eigenvalue weighted by atomic mass is 16.7. The van der Waals surface area contributed by atoms with E-state index in [1.54, 1.807) is 6.92 Å². The molecule has 1 atom stereocenters. The molecular weight excluding hydrogens is 252 g/mol. The van der Waals surface area contributed by atoms with E-state index in [9.17, 15) is 4.79 Å². The molecule has 0 amide bonds. The fourth-order valence-electron chi connectivity index (χ4n) is 3.19. The molecule has 1 aliphatic heterocycles. The molecule has 3 heteroatoms. The van der Waals surface area contributed by atoms with Gasteiger partial charge in [-0.15, -0.1) is 11.8 Å². The van der Waals surface area contributed by atoms with Crippen LogP contribution in [0.25, 0.3) is 0 Å². The molecule has 0 N–H and O–H groups in total. The van der Waals surface area contributed by atoms with Crippen LogP contribution in [0.5, 0.6) is 0 Å². The van der Waals surface area contributed by atoms with Gasteiger partial charge in [0.2, 0.25) is 0 Å². The van der Waals surface area contributed by atoms with E-state index in [0.717, 1.165) is 32.1 Å². The van der Waals surface area contributed by atoms with Gasteiger partial charge in [-0.2, -0.15) is 0 Å². The maximum atomic E-state index is 12.5. The molecule has 1 aliphatic carbocycles. The third kappa shape index (κ3) is 3.24. The van der Waals surface area contributed by atoms with Gasteiger partial charge in [-0.3, -0.25) is 4.79 Å². The van der Waals surface area contributed by atoms with Gasteiger partial charge in [0.1, 0.15) is 5.78 Å². The predicted molar refractivity (Wildman–Crippen MR) is 78.1 cm³/mol. The zero-order chi connectivity index (χ0) is 14.6. The van der Waals surface area contributed by atoms with Crippen molar-refractivity contribution in [3.63, 3.8) is 0 Å². The van der Waals surface area contributed by atoms with Gasteiger partial charge in [-0.05, 0) is 26.2 Å². The van der Waals surface area contributed by atoms with E-state index in [1.807, 2.05) is 13.8 Å². The fourth-order valence-corrected chi connectivity index (χ4v) is 3.19. The SMILES string of the molecule is CC#CCCC(=O)C(C)(C)[C@@H]1CCOC2(CCCC2)O1. The molecule has 0 aromatic rings. The van der Waals surface area contributed by atoms with Gasteiger partial charge in [0.15, 0.2) is 5.79 Å². The molecular formula is C17H26O3. The molecule has 1 saturated heterocycles. The van der Waals surface area contributed by atoms with Crippen LogP contribution < -0.4 is 0 Å². The van der Waals surface area contributed by atoms with Crippen LogP contribution in [0.2, 0.25) is 0 Å². The number of rotatable bonds is 4. The van der Waals surface area contributed by atoms with Crippen LogP contribution in [0.4, 0.5) is 0 Å². The fraction of sp³-hybridized carbons (Fsp3) is 0.824. The Bertz CT molecular complexity index is 408. The van der Waals surface area contributed by atoms with Crippen molar-refractivity contribution in [3.05, 3.63) is 0 Å². The zero-order valence-corrected chi connectivity index (χ0v) is 13.0. The molecule has 0 aromatic heterocycles. The maximum absolute atomic E-state index is 12.5. The maximum Gasteiger partial charge on any atom is 0.168 e. The first-order chi connectivity index (χ1) is 9.50. The number of carbonyl (C=O) groups excluding carboxylic acids is 1. The lowest BCUT2D eigenvalue weighted by Crippen LogP contribution is -2.50. The number of Topliss-reactive ketones (excluding diaryl/α,β-unsaturated/α-hetero) is 1. The summed E-state index contributed by atoms with van der Waals surface area (Å²) in [6, 6.07) is 0. The second-order valence-electron chi connectivity index (χ2n) is 6.43. The molecule has 0 aromatic carbocycles. The zero-order valence-electron chi connectivity index (χ0n) is 13.0. The van der Waals surface area contributed by atoms with Crippen molar-refractivity contribution in [2.75, 3.05) is 6.61 Å². The molecule has 3 nitrogen and oxygen atoms in total. The molecule has 2 rings (SSSR count). The summed E-state index contributed by atoms with van der Waals surface area (Å²) in [6.45, 7) is 6.53. The number of ether oxygens (including phenoxy) is 2. The van der Waals surface area contributed by atoms with Crippen molar-refractivity contribution in [3.8, 4) is 11.8 Å². The van der Waals surface area contributed by atoms with Gasteiger partial charge in [0, 0.05) is 31.1 Å². The lowest BCUT2D eigenvalue weighted by molar-refractivity contribution is -0.303. The molecule has 1 saturated carbocycles. The van der Waals surface area contributed by atoms with E-state index < -0.39 is 11.2 Å². The van der Waals surface area contributed by atoms with E-state index in [4.69, 9.17) is 9.47 Å². The number of hydrogen-bond donors (Lipinski definition) is 0. The van der Waals surface area contributed by atoms with Crippen LogP contribution in [0.15, 0.2) is 0 Å². The summed E-state index contributed by atoms with van der Waals surface area (Å²) in [4.78, 5) is 12.5. The molecule has 20 heavy (non-hydrogen) atoms. The minimum atomic E-state index is -0.450. The van der Waals surface area contributed by atoms with Crippen molar-refractivity contribution >= 4 is 5.78 Å². The van der Waals surface area contributed by atoms with Crippen molar-refractivity contribution in [2.24, 2.45) is 5.41 Å². The minimum absolute atomic E-state index is 0.0311. The van der Waals surface area contributed by atoms with E-state index in [-0.39, 0.29) is 11.9 Å². The van der Waals surface area contributed by atoms with Crippen LogP contribution in [0.1, 0.15) is 65.7 Å². The summed E-state index contributed by atoms with van der Waals surface area (Å²) >= 11 is 0. The van der Waals surface area contributed by atoms with E-state index in [0.29, 0.717) is 19.4 Å². The van der Waals surface area contributed by atoms with Gasteiger partial charge in [0.25, 0.3) is 0 Å². The number of ketones is 1. The second kappa shape index (κ2) is 6.28. The summed E-state index contributed by atoms with van der Waals surface area (Å²) < 4.78 is 12.1. The van der Waals surface area contributed by atoms with Gasteiger partial charge in [0.05, 0.1) is 12.7 Å². The lowest BCUT2D eigenvalue weighted by atomic mass is 9.78. The van der Waals surface area contributed by atoms with Crippen molar-refractivity contribution in [1.82, 2.24) is 0 Å². The third-order valence-corrected chi connectivity index (χ3v) is 4.64. The van der Waals surface area contributed by atoms with Crippen LogP contribution in [0.3, 0.4) is 0 Å². The first kappa shape index (κ1) is 15.5. The van der Waals surface area contributed by atoms with E-state index >= 15 is 0 Å². The Morgan fingerprint density at radius 1 is 1.35 bits per heavy atom. The molecule has 0 radical (unpaired) electrons. The van der Waals surface area contributed by atoms with Crippen LogP contribution in [0, 0.1) is 17.3 Å². The number of hydrogen-bond acceptors (Lipinski definition) is 3. The Balaban J connectivity index is 2.00. The van der Waals surface area contributed by atoms with Gasteiger partial charge in [-0.1, -0.05) is 13.8 Å². The molecule has 2 fully saturated rings. The monoisotopic (exact) mass is 278 g/mol. The first-order valence-electron chi connectivity index (χ1n) is 7.75. The normalized spacial score (nSPS) is 25.2. The minimum Gasteiger partial charge on any atom is -0.350 e. The summed E-state index contributed by atoms with van der Waals surface area (Å²) in [5, 5.41) is 0. The standard InChI is InChI=1S/C17H26O3/c1-4-5-6-9-14(18)16(2,3)15-10-13-19-17(20-15)11-7-8-12-17/h15H,6-13H2,1-3H3/t15-/m0/s1. The van der Waals surface area contributed by atoms with E-state index in [1.165, 1.54) is 0 Å². The highest BCUT2D eigenvalue weighted by Gasteiger charge is 2.47. The summed E-state index contributed by atoms with van der Waals surface area (Å²) in [5.74, 6) is 5.66. The molecule has 0 bridgehead atoms. The van der Waals surface area contributed by atoms with E-state index in [2.05, 4.69) is 11.8 Å². The van der Waals surface area contributed by atoms with Crippen LogP contribution in [-0.2, 0) is 14.3 Å². The average Bonchev–Trinajstić information content (AvgIpc) is 2.87. The Kier molecular flexibility index (Phi) is 4.88. The average molecular weight is 278 g/mol.